The Balaban J connectivity index is 1.84. The summed E-state index contributed by atoms with van der Waals surface area (Å²) < 4.78 is 19.4. The number of hydrogen-bond donors (Lipinski definition) is 0. The maximum Gasteiger partial charge on any atom is 0.244 e. The molecule has 0 unspecified atom stereocenters. The van der Waals surface area contributed by atoms with Crippen molar-refractivity contribution in [2.24, 2.45) is 4.99 Å². The number of benzene rings is 1. The first-order valence-corrected chi connectivity index (χ1v) is 8.47. The van der Waals surface area contributed by atoms with E-state index in [-0.39, 0.29) is 10.9 Å². The first-order valence-electron chi connectivity index (χ1n) is 6.67. The summed E-state index contributed by atoms with van der Waals surface area (Å²) in [7, 11) is 0. The second-order valence-electron chi connectivity index (χ2n) is 4.44. The number of thioether (sulfide) groups is 2. The lowest BCUT2D eigenvalue weighted by molar-refractivity contribution is -0.107. The van der Waals surface area contributed by atoms with Crippen LogP contribution in [-0.4, -0.2) is 15.2 Å². The van der Waals surface area contributed by atoms with Gasteiger partial charge in [0.1, 0.15) is 27.4 Å². The third-order valence-electron chi connectivity index (χ3n) is 2.90. The summed E-state index contributed by atoms with van der Waals surface area (Å²) in [6, 6.07) is 9.62. The summed E-state index contributed by atoms with van der Waals surface area (Å²) in [4.78, 5) is 16.2. The summed E-state index contributed by atoms with van der Waals surface area (Å²) >= 11 is 2.69. The Morgan fingerprint density at radius 1 is 1.27 bits per heavy atom. The van der Waals surface area contributed by atoms with Crippen molar-refractivity contribution in [1.29, 1.82) is 0 Å². The molecule has 0 saturated heterocycles. The van der Waals surface area contributed by atoms with E-state index in [4.69, 9.17) is 4.42 Å². The van der Waals surface area contributed by atoms with Crippen molar-refractivity contribution in [1.82, 2.24) is 0 Å². The van der Waals surface area contributed by atoms with E-state index >= 15 is 0 Å². The van der Waals surface area contributed by atoms with Gasteiger partial charge in [0.15, 0.2) is 0 Å². The fourth-order valence-corrected chi connectivity index (χ4v) is 3.65. The van der Waals surface area contributed by atoms with Gasteiger partial charge in [-0.05, 0) is 53.9 Å². The number of hydrogen-bond acceptors (Lipinski definition) is 5. The van der Waals surface area contributed by atoms with Crippen LogP contribution in [0, 0.1) is 5.82 Å². The van der Waals surface area contributed by atoms with Crippen LogP contribution in [0.25, 0.3) is 17.4 Å². The molecule has 0 spiro atoms. The van der Waals surface area contributed by atoms with Crippen LogP contribution >= 0.6 is 23.5 Å². The van der Waals surface area contributed by atoms with Gasteiger partial charge in [-0.15, -0.1) is 0 Å². The van der Waals surface area contributed by atoms with Crippen molar-refractivity contribution >= 4 is 39.1 Å². The summed E-state index contributed by atoms with van der Waals surface area (Å²) in [5.74, 6) is 1.76. The molecule has 2 heterocycles. The Kier molecular flexibility index (Phi) is 4.49. The Morgan fingerprint density at radius 3 is 2.77 bits per heavy atom. The molecular formula is C16H12FNO2S2. The molecule has 112 valence electrons. The van der Waals surface area contributed by atoms with E-state index in [2.05, 4.69) is 4.99 Å². The summed E-state index contributed by atoms with van der Waals surface area (Å²) in [5, 5.41) is -0.0734. The van der Waals surface area contributed by atoms with Gasteiger partial charge in [0.05, 0.1) is 0 Å². The molecule has 0 radical (unpaired) electrons. The highest BCUT2D eigenvalue weighted by Gasteiger charge is 2.22. The molecule has 0 N–H and O–H groups in total. The van der Waals surface area contributed by atoms with E-state index in [1.165, 1.54) is 12.1 Å². The smallest absolute Gasteiger partial charge is 0.244 e. The monoisotopic (exact) mass is 333 g/mol. The first-order chi connectivity index (χ1) is 10.7. The van der Waals surface area contributed by atoms with Gasteiger partial charge in [-0.1, -0.05) is 18.7 Å². The molecule has 0 atom stereocenters. The molecule has 0 saturated carbocycles. The van der Waals surface area contributed by atoms with Crippen LogP contribution in [0.3, 0.4) is 0 Å². The molecule has 2 aromatic rings. The summed E-state index contributed by atoms with van der Waals surface area (Å²) in [6.45, 7) is 2.02. The minimum Gasteiger partial charge on any atom is -0.457 e. The number of rotatable bonds is 3. The van der Waals surface area contributed by atoms with Crippen molar-refractivity contribution < 1.29 is 13.6 Å². The van der Waals surface area contributed by atoms with E-state index in [0.717, 1.165) is 27.5 Å². The molecule has 1 aliphatic heterocycles. The van der Waals surface area contributed by atoms with Crippen molar-refractivity contribution in [3.63, 3.8) is 0 Å². The average Bonchev–Trinajstić information content (AvgIpc) is 3.08. The standard InChI is InChI=1S/C16H12FNO2S2/c1-2-21-16-18-13(15(19)22-16)9-12-7-8-14(20-12)10-3-5-11(17)6-4-10/h3-9H,2H2,1H3. The van der Waals surface area contributed by atoms with Crippen molar-refractivity contribution in [3.8, 4) is 11.3 Å². The summed E-state index contributed by atoms with van der Waals surface area (Å²) in [5.41, 5.74) is 1.17. The summed E-state index contributed by atoms with van der Waals surface area (Å²) in [6.07, 6.45) is 1.63. The van der Waals surface area contributed by atoms with Gasteiger partial charge < -0.3 is 4.42 Å². The van der Waals surface area contributed by atoms with E-state index in [9.17, 15) is 9.18 Å². The molecule has 22 heavy (non-hydrogen) atoms. The molecular weight excluding hydrogens is 321 g/mol. The Labute approximate surface area is 135 Å². The molecule has 3 nitrogen and oxygen atoms in total. The average molecular weight is 333 g/mol. The van der Waals surface area contributed by atoms with Gasteiger partial charge >= 0.3 is 0 Å². The lowest BCUT2D eigenvalue weighted by Crippen LogP contribution is -1.87. The van der Waals surface area contributed by atoms with Crippen LogP contribution in [0.4, 0.5) is 4.39 Å². The highest BCUT2D eigenvalue weighted by atomic mass is 32.2. The highest BCUT2D eigenvalue weighted by Crippen LogP contribution is 2.31. The van der Waals surface area contributed by atoms with Crippen LogP contribution < -0.4 is 0 Å². The van der Waals surface area contributed by atoms with Gasteiger partial charge in [-0.2, -0.15) is 0 Å². The van der Waals surface area contributed by atoms with Crippen molar-refractivity contribution in [2.45, 2.75) is 6.92 Å². The van der Waals surface area contributed by atoms with E-state index in [0.29, 0.717) is 17.2 Å². The van der Waals surface area contributed by atoms with Gasteiger partial charge in [0.25, 0.3) is 0 Å². The van der Waals surface area contributed by atoms with E-state index < -0.39 is 0 Å². The van der Waals surface area contributed by atoms with Crippen LogP contribution in [0.15, 0.2) is 51.5 Å². The van der Waals surface area contributed by atoms with Crippen LogP contribution in [0.5, 0.6) is 0 Å². The molecule has 1 aliphatic rings. The zero-order chi connectivity index (χ0) is 15.5. The van der Waals surface area contributed by atoms with Gasteiger partial charge in [-0.25, -0.2) is 9.38 Å². The van der Waals surface area contributed by atoms with E-state index in [1.807, 2.05) is 6.92 Å². The second-order valence-corrected chi connectivity index (χ2v) is 6.91. The SMILES string of the molecule is CCSC1=NC(=Cc2ccc(-c3ccc(F)cc3)o2)C(=O)S1. The molecule has 0 aliphatic carbocycles. The Bertz CT molecular complexity index is 763. The fourth-order valence-electron chi connectivity index (χ4n) is 1.91. The predicted octanol–water partition coefficient (Wildman–Crippen LogP) is 4.81. The van der Waals surface area contributed by atoms with Crippen LogP contribution in [-0.2, 0) is 4.79 Å². The molecule has 0 amide bonds. The highest BCUT2D eigenvalue weighted by molar-refractivity contribution is 8.45. The van der Waals surface area contributed by atoms with Crippen LogP contribution in [0.1, 0.15) is 12.7 Å². The number of carbonyl (C=O) groups excluding carboxylic acids is 1. The number of furan rings is 1. The zero-order valence-electron chi connectivity index (χ0n) is 11.7. The molecule has 0 bridgehead atoms. The molecule has 3 rings (SSSR count). The van der Waals surface area contributed by atoms with Gasteiger partial charge in [0.2, 0.25) is 5.12 Å². The number of carbonyl (C=O) groups is 1. The normalized spacial score (nSPS) is 16.4. The van der Waals surface area contributed by atoms with Crippen molar-refractivity contribution in [2.75, 3.05) is 5.75 Å². The Morgan fingerprint density at radius 2 is 2.05 bits per heavy atom. The molecule has 1 aromatic heterocycles. The maximum atomic E-state index is 12.9. The third-order valence-corrected chi connectivity index (χ3v) is 4.79. The zero-order valence-corrected chi connectivity index (χ0v) is 13.3. The largest absolute Gasteiger partial charge is 0.457 e. The van der Waals surface area contributed by atoms with Gasteiger partial charge in [0, 0.05) is 11.6 Å². The van der Waals surface area contributed by atoms with Gasteiger partial charge in [-0.3, -0.25) is 4.79 Å². The lowest BCUT2D eigenvalue weighted by atomic mass is 10.2. The minimum atomic E-state index is -0.290. The van der Waals surface area contributed by atoms with Crippen LogP contribution in [0.2, 0.25) is 0 Å². The predicted molar refractivity (Wildman–Crippen MR) is 90.2 cm³/mol. The van der Waals surface area contributed by atoms with Crippen molar-refractivity contribution in [3.05, 3.63) is 53.7 Å². The molecule has 1 aromatic carbocycles. The first kappa shape index (κ1) is 15.1. The Hall–Kier alpha value is -1.79. The topological polar surface area (TPSA) is 42.6 Å². The number of aliphatic imine (C=N–C) groups is 1. The quantitative estimate of drug-likeness (QED) is 0.756. The second kappa shape index (κ2) is 6.54. The van der Waals surface area contributed by atoms with E-state index in [1.54, 1.807) is 42.1 Å². The minimum absolute atomic E-state index is 0.0734. The number of nitrogens with zero attached hydrogens (tertiary/aromatic N) is 1. The fraction of sp³-hybridized carbons (Fsp3) is 0.125. The maximum absolute atomic E-state index is 12.9. The molecule has 6 heteroatoms. The molecule has 0 fully saturated rings. The number of halogens is 1. The lowest BCUT2D eigenvalue weighted by Gasteiger charge is -1.96. The third kappa shape index (κ3) is 3.34.